The first-order valence-electron chi connectivity index (χ1n) is 10.4. The number of aliphatic hydroxyl groups excluding tert-OH is 1. The second kappa shape index (κ2) is 10.0. The minimum Gasteiger partial charge on any atom is -0.489 e. The zero-order valence-electron chi connectivity index (χ0n) is 17.7. The lowest BCUT2D eigenvalue weighted by Crippen LogP contribution is -2.34. The first-order chi connectivity index (χ1) is 15.2. The van der Waals surface area contributed by atoms with Crippen molar-refractivity contribution in [1.29, 1.82) is 0 Å². The lowest BCUT2D eigenvalue weighted by molar-refractivity contribution is -0.199. The number of ether oxygens (including phenoxy) is 1. The van der Waals surface area contributed by atoms with Crippen molar-refractivity contribution in [1.82, 2.24) is 0 Å². The molecule has 1 aliphatic rings. The van der Waals surface area contributed by atoms with Crippen LogP contribution in [0.4, 0.5) is 18.9 Å². The topological polar surface area (TPSA) is 58.6 Å². The van der Waals surface area contributed by atoms with Crippen LogP contribution >= 0.6 is 0 Å². The van der Waals surface area contributed by atoms with Gasteiger partial charge in [-0.05, 0) is 43.9 Å². The molecule has 0 aliphatic heterocycles. The summed E-state index contributed by atoms with van der Waals surface area (Å²) in [6.45, 7) is 1.54. The fraction of sp³-hybridized carbons (Fsp3) is 0.320. The summed E-state index contributed by atoms with van der Waals surface area (Å²) in [5.41, 5.74) is 0.297. The standard InChI is InChI=1S/C25H26F3NO3/c1-24(25(26,27)28)14-12-18(13-15-24)10-11-22(30)23(31)29-20-8-5-9-21(16-20)32-17-19-6-3-2-4-7-19/h2-9,12-14,16,22,30H,10-11,15,17H2,1H3,(H,29,31). The normalized spacial score (nSPS) is 19.2. The fourth-order valence-electron chi connectivity index (χ4n) is 3.23. The second-order valence-corrected chi connectivity index (χ2v) is 8.08. The molecule has 0 saturated carbocycles. The van der Waals surface area contributed by atoms with Gasteiger partial charge in [-0.3, -0.25) is 4.79 Å². The van der Waals surface area contributed by atoms with Crippen LogP contribution in [0.15, 0.2) is 78.4 Å². The van der Waals surface area contributed by atoms with Crippen LogP contribution in [-0.4, -0.2) is 23.3 Å². The molecule has 0 radical (unpaired) electrons. The van der Waals surface area contributed by atoms with E-state index in [9.17, 15) is 23.1 Å². The van der Waals surface area contributed by atoms with E-state index in [1.807, 2.05) is 30.3 Å². The van der Waals surface area contributed by atoms with Gasteiger partial charge in [0.25, 0.3) is 5.91 Å². The highest BCUT2D eigenvalue weighted by Gasteiger charge is 2.49. The molecule has 0 spiro atoms. The van der Waals surface area contributed by atoms with E-state index in [1.54, 1.807) is 24.3 Å². The quantitative estimate of drug-likeness (QED) is 0.540. The number of aliphatic hydroxyl groups is 1. The van der Waals surface area contributed by atoms with Gasteiger partial charge in [0.1, 0.15) is 18.5 Å². The van der Waals surface area contributed by atoms with Crippen LogP contribution < -0.4 is 10.1 Å². The first kappa shape index (κ1) is 23.6. The van der Waals surface area contributed by atoms with E-state index < -0.39 is 23.6 Å². The highest BCUT2D eigenvalue weighted by atomic mass is 19.4. The Morgan fingerprint density at radius 3 is 2.59 bits per heavy atom. The Kier molecular flexibility index (Phi) is 7.40. The van der Waals surface area contributed by atoms with Crippen LogP contribution in [0, 0.1) is 5.41 Å². The van der Waals surface area contributed by atoms with E-state index in [-0.39, 0.29) is 12.8 Å². The molecule has 1 aliphatic carbocycles. The lowest BCUT2D eigenvalue weighted by Gasteiger charge is -2.30. The molecule has 0 saturated heterocycles. The van der Waals surface area contributed by atoms with Crippen LogP contribution in [0.5, 0.6) is 5.75 Å². The molecule has 3 rings (SSSR count). The number of hydrogen-bond donors (Lipinski definition) is 2. The zero-order chi connectivity index (χ0) is 23.2. The van der Waals surface area contributed by atoms with Crippen LogP contribution in [0.3, 0.4) is 0 Å². The molecule has 2 aromatic carbocycles. The number of carbonyl (C=O) groups excluding carboxylic acids is 1. The third kappa shape index (κ3) is 6.23. The number of nitrogens with one attached hydrogen (secondary N) is 1. The summed E-state index contributed by atoms with van der Waals surface area (Å²) >= 11 is 0. The Morgan fingerprint density at radius 2 is 1.94 bits per heavy atom. The Hall–Kier alpha value is -3.06. The maximum atomic E-state index is 13.1. The summed E-state index contributed by atoms with van der Waals surface area (Å²) in [5, 5.41) is 12.8. The van der Waals surface area contributed by atoms with Gasteiger partial charge in [0.15, 0.2) is 0 Å². The van der Waals surface area contributed by atoms with Crippen molar-refractivity contribution in [3.8, 4) is 5.75 Å². The zero-order valence-corrected chi connectivity index (χ0v) is 17.7. The third-order valence-electron chi connectivity index (χ3n) is 5.46. The SMILES string of the molecule is CC1(C(F)(F)F)C=CC(CCC(O)C(=O)Nc2cccc(OCc3ccccc3)c2)=CC1. The number of anilines is 1. The van der Waals surface area contributed by atoms with Gasteiger partial charge in [-0.1, -0.05) is 60.2 Å². The van der Waals surface area contributed by atoms with E-state index >= 15 is 0 Å². The van der Waals surface area contributed by atoms with Crippen molar-refractivity contribution in [2.24, 2.45) is 5.41 Å². The Balaban J connectivity index is 1.48. The van der Waals surface area contributed by atoms with Crippen LogP contribution in [0.1, 0.15) is 31.7 Å². The number of benzene rings is 2. The van der Waals surface area contributed by atoms with Crippen molar-refractivity contribution in [2.45, 2.75) is 45.1 Å². The third-order valence-corrected chi connectivity index (χ3v) is 5.46. The minimum absolute atomic E-state index is 0.106. The van der Waals surface area contributed by atoms with Crippen LogP contribution in [0.2, 0.25) is 0 Å². The molecule has 2 aromatic rings. The lowest BCUT2D eigenvalue weighted by atomic mass is 9.80. The molecule has 1 amide bonds. The van der Waals surface area contributed by atoms with E-state index in [0.29, 0.717) is 30.0 Å². The smallest absolute Gasteiger partial charge is 0.397 e. The highest BCUT2D eigenvalue weighted by Crippen LogP contribution is 2.44. The van der Waals surface area contributed by atoms with Gasteiger partial charge in [-0.2, -0.15) is 13.2 Å². The van der Waals surface area contributed by atoms with Crippen molar-refractivity contribution >= 4 is 11.6 Å². The molecule has 170 valence electrons. The van der Waals surface area contributed by atoms with Gasteiger partial charge in [0.05, 0.1) is 5.41 Å². The molecular weight excluding hydrogens is 419 g/mol. The first-order valence-corrected chi connectivity index (χ1v) is 10.4. The van der Waals surface area contributed by atoms with Crippen molar-refractivity contribution in [3.05, 3.63) is 84.0 Å². The Morgan fingerprint density at radius 1 is 1.19 bits per heavy atom. The average molecular weight is 445 g/mol. The molecule has 4 nitrogen and oxygen atoms in total. The molecule has 32 heavy (non-hydrogen) atoms. The summed E-state index contributed by atoms with van der Waals surface area (Å²) in [4.78, 5) is 12.3. The molecule has 0 fully saturated rings. The van der Waals surface area contributed by atoms with Gasteiger partial charge < -0.3 is 15.2 Å². The summed E-state index contributed by atoms with van der Waals surface area (Å²) < 4.78 is 44.9. The maximum Gasteiger partial charge on any atom is 0.397 e. The van der Waals surface area contributed by atoms with Gasteiger partial charge in [-0.15, -0.1) is 0 Å². The molecule has 2 N–H and O–H groups in total. The van der Waals surface area contributed by atoms with E-state index in [0.717, 1.165) is 18.6 Å². The largest absolute Gasteiger partial charge is 0.489 e. The molecular formula is C25H26F3NO3. The molecule has 7 heteroatoms. The number of carbonyl (C=O) groups is 1. The van der Waals surface area contributed by atoms with Gasteiger partial charge >= 0.3 is 6.18 Å². The average Bonchev–Trinajstić information content (AvgIpc) is 2.77. The molecule has 0 heterocycles. The number of amides is 1. The number of halogens is 3. The van der Waals surface area contributed by atoms with Crippen LogP contribution in [-0.2, 0) is 11.4 Å². The fourth-order valence-corrected chi connectivity index (χ4v) is 3.23. The maximum absolute atomic E-state index is 13.1. The Bertz CT molecular complexity index is 985. The monoisotopic (exact) mass is 445 g/mol. The Labute approximate surface area is 185 Å². The molecule has 2 atom stereocenters. The molecule has 0 bridgehead atoms. The number of allylic oxidation sites excluding steroid dienone is 4. The number of rotatable bonds is 8. The van der Waals surface area contributed by atoms with Gasteiger partial charge in [0.2, 0.25) is 0 Å². The van der Waals surface area contributed by atoms with Crippen molar-refractivity contribution < 1.29 is 27.8 Å². The molecule has 2 unspecified atom stereocenters. The van der Waals surface area contributed by atoms with Crippen molar-refractivity contribution in [2.75, 3.05) is 5.32 Å². The summed E-state index contributed by atoms with van der Waals surface area (Å²) in [6.07, 6.45) is -1.25. The van der Waals surface area contributed by atoms with E-state index in [4.69, 9.17) is 4.74 Å². The number of hydrogen-bond acceptors (Lipinski definition) is 3. The summed E-state index contributed by atoms with van der Waals surface area (Å²) in [5.74, 6) is -0.00270. The van der Waals surface area contributed by atoms with Gasteiger partial charge in [0, 0.05) is 11.8 Å². The van der Waals surface area contributed by atoms with Crippen LogP contribution in [0.25, 0.3) is 0 Å². The predicted octanol–water partition coefficient (Wildman–Crippen LogP) is 5.80. The predicted molar refractivity (Wildman–Crippen MR) is 117 cm³/mol. The minimum atomic E-state index is -4.32. The summed E-state index contributed by atoms with van der Waals surface area (Å²) in [7, 11) is 0. The number of alkyl halides is 3. The highest BCUT2D eigenvalue weighted by molar-refractivity contribution is 5.94. The summed E-state index contributed by atoms with van der Waals surface area (Å²) in [6, 6.07) is 16.5. The van der Waals surface area contributed by atoms with E-state index in [1.165, 1.54) is 12.2 Å². The van der Waals surface area contributed by atoms with Gasteiger partial charge in [-0.25, -0.2) is 0 Å². The molecule has 0 aromatic heterocycles. The van der Waals surface area contributed by atoms with Crippen molar-refractivity contribution in [3.63, 3.8) is 0 Å². The van der Waals surface area contributed by atoms with E-state index in [2.05, 4.69) is 5.32 Å². The second-order valence-electron chi connectivity index (χ2n) is 8.08.